The lowest BCUT2D eigenvalue weighted by Gasteiger charge is -2.10. The Hall–Kier alpha value is -1.58. The minimum atomic E-state index is -0.399. The highest BCUT2D eigenvalue weighted by molar-refractivity contribution is 6.30. The highest BCUT2D eigenvalue weighted by atomic mass is 35.5. The highest BCUT2D eigenvalue weighted by Crippen LogP contribution is 2.21. The van der Waals surface area contributed by atoms with Crippen molar-refractivity contribution in [1.82, 2.24) is 0 Å². The molecule has 0 aromatic heterocycles. The Labute approximate surface area is 110 Å². The molecule has 0 saturated heterocycles. The first-order valence-corrected chi connectivity index (χ1v) is 5.84. The summed E-state index contributed by atoms with van der Waals surface area (Å²) in [5.41, 5.74) is 1.10. The average Bonchev–Trinajstić information content (AvgIpc) is 2.38. The second kappa shape index (κ2) is 5.85. The van der Waals surface area contributed by atoms with Crippen molar-refractivity contribution in [2.24, 2.45) is 0 Å². The zero-order valence-corrected chi connectivity index (χ0v) is 10.3. The van der Waals surface area contributed by atoms with Crippen LogP contribution in [0.4, 0.5) is 4.39 Å². The fourth-order valence-corrected chi connectivity index (χ4v) is 1.73. The van der Waals surface area contributed by atoms with Gasteiger partial charge in [-0.05, 0) is 18.2 Å². The van der Waals surface area contributed by atoms with E-state index < -0.39 is 5.82 Å². The van der Waals surface area contributed by atoms with Crippen LogP contribution in [-0.2, 0) is 13.2 Å². The molecule has 0 aliphatic heterocycles. The fraction of sp³-hybridized carbons (Fsp3) is 0.143. The first-order chi connectivity index (χ1) is 8.70. The van der Waals surface area contributed by atoms with Crippen molar-refractivity contribution in [1.29, 1.82) is 0 Å². The van der Waals surface area contributed by atoms with Gasteiger partial charge in [0.1, 0.15) is 18.2 Å². The molecule has 0 unspecified atom stereocenters. The summed E-state index contributed by atoms with van der Waals surface area (Å²) in [4.78, 5) is 0. The van der Waals surface area contributed by atoms with Crippen molar-refractivity contribution in [2.75, 3.05) is 0 Å². The van der Waals surface area contributed by atoms with E-state index in [2.05, 4.69) is 0 Å². The number of benzene rings is 2. The van der Waals surface area contributed by atoms with Crippen molar-refractivity contribution in [2.45, 2.75) is 13.2 Å². The molecular weight excluding hydrogens is 255 g/mol. The lowest BCUT2D eigenvalue weighted by Crippen LogP contribution is -2.00. The van der Waals surface area contributed by atoms with Gasteiger partial charge in [-0.1, -0.05) is 35.9 Å². The molecule has 0 fully saturated rings. The molecular formula is C14H12ClFO2. The van der Waals surface area contributed by atoms with Crippen molar-refractivity contribution < 1.29 is 14.2 Å². The Morgan fingerprint density at radius 2 is 1.89 bits per heavy atom. The van der Waals surface area contributed by atoms with Gasteiger partial charge in [-0.15, -0.1) is 0 Å². The molecule has 0 atom stereocenters. The maximum atomic E-state index is 13.5. The van der Waals surface area contributed by atoms with E-state index in [-0.39, 0.29) is 13.2 Å². The molecule has 0 spiro atoms. The SMILES string of the molecule is OCc1ccccc1OCc1ccc(Cl)cc1F. The zero-order valence-electron chi connectivity index (χ0n) is 9.57. The summed E-state index contributed by atoms with van der Waals surface area (Å²) < 4.78 is 19.0. The molecule has 2 aromatic carbocycles. The summed E-state index contributed by atoms with van der Waals surface area (Å²) in [6.07, 6.45) is 0. The normalized spacial score (nSPS) is 10.4. The van der Waals surface area contributed by atoms with Crippen LogP contribution in [0.1, 0.15) is 11.1 Å². The van der Waals surface area contributed by atoms with Gasteiger partial charge in [-0.2, -0.15) is 0 Å². The van der Waals surface area contributed by atoms with E-state index in [1.165, 1.54) is 6.07 Å². The molecule has 0 aliphatic rings. The molecule has 0 amide bonds. The third kappa shape index (κ3) is 3.00. The number of aliphatic hydroxyl groups is 1. The largest absolute Gasteiger partial charge is 0.488 e. The number of aliphatic hydroxyl groups excluding tert-OH is 1. The number of halogens is 2. The summed E-state index contributed by atoms with van der Waals surface area (Å²) in [5.74, 6) is 0.151. The van der Waals surface area contributed by atoms with Crippen LogP contribution in [0, 0.1) is 5.82 Å². The number of hydrogen-bond acceptors (Lipinski definition) is 2. The lowest BCUT2D eigenvalue weighted by molar-refractivity contribution is 0.257. The van der Waals surface area contributed by atoms with Gasteiger partial charge >= 0.3 is 0 Å². The monoisotopic (exact) mass is 266 g/mol. The average molecular weight is 267 g/mol. The standard InChI is InChI=1S/C14H12ClFO2/c15-12-6-5-11(13(16)7-12)9-18-14-4-2-1-3-10(14)8-17/h1-7,17H,8-9H2. The molecule has 2 rings (SSSR count). The Bertz CT molecular complexity index is 543. The number of rotatable bonds is 4. The van der Waals surface area contributed by atoms with E-state index in [0.29, 0.717) is 21.9 Å². The summed E-state index contributed by atoms with van der Waals surface area (Å²) in [5, 5.41) is 9.49. The highest BCUT2D eigenvalue weighted by Gasteiger charge is 2.06. The van der Waals surface area contributed by atoms with Crippen LogP contribution in [0.5, 0.6) is 5.75 Å². The zero-order chi connectivity index (χ0) is 13.0. The first-order valence-electron chi connectivity index (χ1n) is 5.46. The molecule has 1 N–H and O–H groups in total. The van der Waals surface area contributed by atoms with Crippen LogP contribution in [0.15, 0.2) is 42.5 Å². The van der Waals surface area contributed by atoms with Crippen LogP contribution in [-0.4, -0.2) is 5.11 Å². The Kier molecular flexibility index (Phi) is 4.18. The van der Waals surface area contributed by atoms with Crippen molar-refractivity contribution in [3.05, 3.63) is 64.4 Å². The van der Waals surface area contributed by atoms with E-state index in [9.17, 15) is 4.39 Å². The molecule has 18 heavy (non-hydrogen) atoms. The van der Waals surface area contributed by atoms with Crippen LogP contribution < -0.4 is 4.74 Å². The minimum Gasteiger partial charge on any atom is -0.488 e. The molecule has 2 aromatic rings. The van der Waals surface area contributed by atoms with E-state index in [1.807, 2.05) is 0 Å². The molecule has 0 saturated carbocycles. The number of ether oxygens (including phenoxy) is 1. The quantitative estimate of drug-likeness (QED) is 0.917. The van der Waals surface area contributed by atoms with Gasteiger partial charge < -0.3 is 9.84 Å². The van der Waals surface area contributed by atoms with Crippen LogP contribution in [0.3, 0.4) is 0 Å². The topological polar surface area (TPSA) is 29.5 Å². The fourth-order valence-electron chi connectivity index (χ4n) is 1.57. The molecule has 0 aliphatic carbocycles. The second-order valence-corrected chi connectivity index (χ2v) is 4.23. The van der Waals surface area contributed by atoms with Crippen molar-refractivity contribution in [3.8, 4) is 5.75 Å². The first kappa shape index (κ1) is 12.9. The van der Waals surface area contributed by atoms with Crippen LogP contribution in [0.2, 0.25) is 5.02 Å². The Balaban J connectivity index is 2.11. The van der Waals surface area contributed by atoms with Gasteiger partial charge in [0.2, 0.25) is 0 Å². The molecule has 0 heterocycles. The van der Waals surface area contributed by atoms with E-state index in [1.54, 1.807) is 36.4 Å². The second-order valence-electron chi connectivity index (χ2n) is 3.79. The number of hydrogen-bond donors (Lipinski definition) is 1. The maximum Gasteiger partial charge on any atom is 0.131 e. The van der Waals surface area contributed by atoms with Crippen LogP contribution >= 0.6 is 11.6 Å². The Morgan fingerprint density at radius 3 is 2.61 bits per heavy atom. The molecule has 94 valence electrons. The van der Waals surface area contributed by atoms with E-state index >= 15 is 0 Å². The Morgan fingerprint density at radius 1 is 1.11 bits per heavy atom. The van der Waals surface area contributed by atoms with Gasteiger partial charge in [-0.25, -0.2) is 4.39 Å². The third-order valence-corrected chi connectivity index (χ3v) is 2.78. The smallest absolute Gasteiger partial charge is 0.131 e. The van der Waals surface area contributed by atoms with Gasteiger partial charge in [0.25, 0.3) is 0 Å². The number of para-hydroxylation sites is 1. The molecule has 4 heteroatoms. The lowest BCUT2D eigenvalue weighted by atomic mass is 10.2. The van der Waals surface area contributed by atoms with Gasteiger partial charge in [0.15, 0.2) is 0 Å². The van der Waals surface area contributed by atoms with Crippen LogP contribution in [0.25, 0.3) is 0 Å². The minimum absolute atomic E-state index is 0.0972. The van der Waals surface area contributed by atoms with E-state index in [4.69, 9.17) is 21.4 Å². The third-order valence-electron chi connectivity index (χ3n) is 2.54. The van der Waals surface area contributed by atoms with Gasteiger partial charge in [-0.3, -0.25) is 0 Å². The molecule has 2 nitrogen and oxygen atoms in total. The summed E-state index contributed by atoms with van der Waals surface area (Å²) >= 11 is 5.67. The van der Waals surface area contributed by atoms with Crippen molar-refractivity contribution >= 4 is 11.6 Å². The molecule has 0 bridgehead atoms. The predicted octanol–water partition coefficient (Wildman–Crippen LogP) is 3.55. The molecule has 0 radical (unpaired) electrons. The summed E-state index contributed by atoms with van der Waals surface area (Å²) in [6, 6.07) is 11.5. The van der Waals surface area contributed by atoms with E-state index in [0.717, 1.165) is 0 Å². The predicted molar refractivity (Wildman–Crippen MR) is 68.1 cm³/mol. The van der Waals surface area contributed by atoms with Crippen molar-refractivity contribution in [3.63, 3.8) is 0 Å². The van der Waals surface area contributed by atoms with Gasteiger partial charge in [0.05, 0.1) is 6.61 Å². The van der Waals surface area contributed by atoms with Gasteiger partial charge in [0, 0.05) is 16.1 Å². The summed E-state index contributed by atoms with van der Waals surface area (Å²) in [6.45, 7) is -0.0146. The summed E-state index contributed by atoms with van der Waals surface area (Å²) in [7, 11) is 0. The maximum absolute atomic E-state index is 13.5.